The third-order valence-electron chi connectivity index (χ3n) is 6.11. The number of Topliss-reactive ketones (excluding diaryl/α,β-unsaturated/α-hetero) is 2. The summed E-state index contributed by atoms with van der Waals surface area (Å²) < 4.78 is 13.2. The summed E-state index contributed by atoms with van der Waals surface area (Å²) in [5.41, 5.74) is -0.875. The first-order valence-electron chi connectivity index (χ1n) is 7.93. The average Bonchev–Trinajstić information content (AvgIpc) is 2.67. The minimum absolute atomic E-state index is 0.137. The van der Waals surface area contributed by atoms with Gasteiger partial charge in [-0.3, -0.25) is 14.4 Å². The number of halogens is 2. The standard InChI is InChI=1S/C18H19ClFNO3/c1-17(2)10-6-7-18(17,3)15(23)13(14(10)22)16(24)21-9-4-5-12(20)11(19)8-9/h4-5,8,10,13H,6-7H2,1-3H3,(H,21,24)/t10?,13?,18-/m0/s1. The Balaban J connectivity index is 1.89. The lowest BCUT2D eigenvalue weighted by molar-refractivity contribution is -0.156. The molecule has 1 N–H and O–H groups in total. The fraction of sp³-hybridized carbons (Fsp3) is 0.500. The van der Waals surface area contributed by atoms with Gasteiger partial charge in [0, 0.05) is 17.0 Å². The molecule has 2 fully saturated rings. The molecule has 0 spiro atoms. The lowest BCUT2D eigenvalue weighted by Crippen LogP contribution is -2.56. The smallest absolute Gasteiger partial charge is 0.242 e. The van der Waals surface area contributed by atoms with Crippen LogP contribution < -0.4 is 5.32 Å². The molecule has 24 heavy (non-hydrogen) atoms. The molecule has 0 aliphatic heterocycles. The topological polar surface area (TPSA) is 63.2 Å². The maximum absolute atomic E-state index is 13.2. The van der Waals surface area contributed by atoms with E-state index in [1.165, 1.54) is 12.1 Å². The number of ketones is 2. The summed E-state index contributed by atoms with van der Waals surface area (Å²) in [6.07, 6.45) is 1.24. The summed E-state index contributed by atoms with van der Waals surface area (Å²) in [5, 5.41) is 2.39. The molecule has 128 valence electrons. The zero-order valence-corrected chi connectivity index (χ0v) is 14.5. The molecular formula is C18H19ClFNO3. The zero-order chi connectivity index (χ0) is 17.9. The van der Waals surface area contributed by atoms with Crippen molar-refractivity contribution in [3.8, 4) is 0 Å². The van der Waals surface area contributed by atoms with Crippen molar-refractivity contribution in [2.45, 2.75) is 33.6 Å². The van der Waals surface area contributed by atoms with Gasteiger partial charge in [-0.15, -0.1) is 0 Å². The Hall–Kier alpha value is -1.75. The van der Waals surface area contributed by atoms with Crippen LogP contribution in [-0.4, -0.2) is 17.5 Å². The number of carbonyl (C=O) groups excluding carboxylic acids is 3. The fourth-order valence-corrected chi connectivity index (χ4v) is 4.31. The van der Waals surface area contributed by atoms with E-state index < -0.39 is 28.5 Å². The van der Waals surface area contributed by atoms with Crippen LogP contribution in [0, 0.1) is 28.5 Å². The van der Waals surface area contributed by atoms with Crippen LogP contribution in [0.3, 0.4) is 0 Å². The minimum atomic E-state index is -1.31. The largest absolute Gasteiger partial charge is 0.325 e. The summed E-state index contributed by atoms with van der Waals surface area (Å²) in [6.45, 7) is 5.69. The highest BCUT2D eigenvalue weighted by atomic mass is 35.5. The van der Waals surface area contributed by atoms with E-state index in [1.807, 2.05) is 20.8 Å². The molecule has 1 amide bonds. The predicted octanol–water partition coefficient (Wildman–Crippen LogP) is 3.63. The quantitative estimate of drug-likeness (QED) is 0.827. The number of benzene rings is 1. The molecule has 0 heterocycles. The number of carbonyl (C=O) groups is 3. The second-order valence-electron chi connectivity index (χ2n) is 7.46. The SMILES string of the molecule is CC1(C)C2CC[C@@]1(C)C(=O)C(C(=O)Nc1ccc(F)c(Cl)c1)C2=O. The van der Waals surface area contributed by atoms with E-state index in [-0.39, 0.29) is 28.2 Å². The van der Waals surface area contributed by atoms with Crippen molar-refractivity contribution < 1.29 is 18.8 Å². The normalized spacial score (nSPS) is 31.2. The maximum atomic E-state index is 13.2. The van der Waals surface area contributed by atoms with E-state index in [1.54, 1.807) is 0 Å². The Labute approximate surface area is 144 Å². The molecule has 6 heteroatoms. The molecule has 0 saturated heterocycles. The molecule has 2 aliphatic carbocycles. The Kier molecular flexibility index (Phi) is 3.83. The fourth-order valence-electron chi connectivity index (χ4n) is 4.12. The van der Waals surface area contributed by atoms with Crippen molar-refractivity contribution in [1.29, 1.82) is 0 Å². The van der Waals surface area contributed by atoms with Gasteiger partial charge in [0.15, 0.2) is 17.5 Å². The molecule has 2 unspecified atom stereocenters. The lowest BCUT2D eigenvalue weighted by atomic mass is 9.55. The van der Waals surface area contributed by atoms with Crippen LogP contribution in [0.4, 0.5) is 10.1 Å². The van der Waals surface area contributed by atoms with E-state index in [4.69, 9.17) is 11.6 Å². The monoisotopic (exact) mass is 351 g/mol. The van der Waals surface area contributed by atoms with Gasteiger partial charge in [0.2, 0.25) is 5.91 Å². The Morgan fingerprint density at radius 2 is 1.96 bits per heavy atom. The van der Waals surface area contributed by atoms with Gasteiger partial charge >= 0.3 is 0 Å². The summed E-state index contributed by atoms with van der Waals surface area (Å²) in [7, 11) is 0. The molecule has 2 saturated carbocycles. The molecule has 0 aromatic heterocycles. The first-order chi connectivity index (χ1) is 11.1. The Bertz CT molecular complexity index is 761. The van der Waals surface area contributed by atoms with Crippen LogP contribution in [0.2, 0.25) is 5.02 Å². The maximum Gasteiger partial charge on any atom is 0.242 e. The van der Waals surface area contributed by atoms with E-state index in [0.29, 0.717) is 12.8 Å². The van der Waals surface area contributed by atoms with Crippen LogP contribution in [0.15, 0.2) is 18.2 Å². The first kappa shape index (κ1) is 17.1. The summed E-state index contributed by atoms with van der Waals surface area (Å²) >= 11 is 5.70. The molecular weight excluding hydrogens is 333 g/mol. The van der Waals surface area contributed by atoms with Crippen molar-refractivity contribution in [2.24, 2.45) is 22.7 Å². The van der Waals surface area contributed by atoms with E-state index in [0.717, 1.165) is 6.07 Å². The second kappa shape index (κ2) is 5.38. The van der Waals surface area contributed by atoms with Gasteiger partial charge in [0.05, 0.1) is 5.02 Å². The molecule has 3 atom stereocenters. The number of nitrogens with one attached hydrogen (secondary N) is 1. The van der Waals surface area contributed by atoms with Crippen LogP contribution in [0.1, 0.15) is 33.6 Å². The number of fused-ring (bicyclic) bond motifs is 2. The van der Waals surface area contributed by atoms with Crippen LogP contribution in [0.5, 0.6) is 0 Å². The van der Waals surface area contributed by atoms with Crippen molar-refractivity contribution in [2.75, 3.05) is 5.32 Å². The van der Waals surface area contributed by atoms with Gasteiger partial charge in [-0.2, -0.15) is 0 Å². The van der Waals surface area contributed by atoms with E-state index in [2.05, 4.69) is 5.32 Å². The van der Waals surface area contributed by atoms with Crippen LogP contribution in [0.25, 0.3) is 0 Å². The van der Waals surface area contributed by atoms with Gasteiger partial charge < -0.3 is 5.32 Å². The molecule has 2 aliphatic rings. The highest BCUT2D eigenvalue weighted by Gasteiger charge is 2.66. The van der Waals surface area contributed by atoms with E-state index in [9.17, 15) is 18.8 Å². The van der Waals surface area contributed by atoms with Crippen molar-refractivity contribution in [1.82, 2.24) is 0 Å². The van der Waals surface area contributed by atoms with Crippen molar-refractivity contribution >= 4 is 34.8 Å². The van der Waals surface area contributed by atoms with Gasteiger partial charge in [-0.05, 0) is 36.5 Å². The van der Waals surface area contributed by atoms with Gasteiger partial charge in [0.25, 0.3) is 0 Å². The molecule has 0 radical (unpaired) electrons. The predicted molar refractivity (Wildman–Crippen MR) is 88.2 cm³/mol. The van der Waals surface area contributed by atoms with Gasteiger partial charge in [-0.25, -0.2) is 4.39 Å². The van der Waals surface area contributed by atoms with E-state index >= 15 is 0 Å². The number of amides is 1. The molecule has 3 rings (SSSR count). The summed E-state index contributed by atoms with van der Waals surface area (Å²) in [6, 6.07) is 3.72. The molecule has 1 aromatic rings. The van der Waals surface area contributed by atoms with Crippen LogP contribution in [-0.2, 0) is 14.4 Å². The number of hydrogen-bond donors (Lipinski definition) is 1. The number of anilines is 1. The zero-order valence-electron chi connectivity index (χ0n) is 13.8. The first-order valence-corrected chi connectivity index (χ1v) is 8.31. The highest BCUT2D eigenvalue weighted by Crippen LogP contribution is 2.61. The second-order valence-corrected chi connectivity index (χ2v) is 7.87. The molecule has 1 aromatic carbocycles. The van der Waals surface area contributed by atoms with Gasteiger partial charge in [-0.1, -0.05) is 32.4 Å². The third kappa shape index (κ3) is 2.21. The lowest BCUT2D eigenvalue weighted by Gasteiger charge is -2.46. The van der Waals surface area contributed by atoms with Crippen LogP contribution >= 0.6 is 11.6 Å². The Morgan fingerprint density at radius 3 is 2.58 bits per heavy atom. The van der Waals surface area contributed by atoms with Crippen molar-refractivity contribution in [3.05, 3.63) is 29.0 Å². The number of hydrogen-bond acceptors (Lipinski definition) is 3. The molecule has 4 nitrogen and oxygen atoms in total. The minimum Gasteiger partial charge on any atom is -0.325 e. The Morgan fingerprint density at radius 1 is 1.29 bits per heavy atom. The number of rotatable bonds is 2. The molecule has 2 bridgehead atoms. The highest BCUT2D eigenvalue weighted by molar-refractivity contribution is 6.31. The van der Waals surface area contributed by atoms with Gasteiger partial charge in [0.1, 0.15) is 5.82 Å². The third-order valence-corrected chi connectivity index (χ3v) is 6.40. The summed E-state index contributed by atoms with van der Waals surface area (Å²) in [5.74, 6) is -3.51. The van der Waals surface area contributed by atoms with Crippen molar-refractivity contribution in [3.63, 3.8) is 0 Å². The average molecular weight is 352 g/mol. The summed E-state index contributed by atoms with van der Waals surface area (Å²) in [4.78, 5) is 38.2.